The molecule has 0 saturated heterocycles. The number of benzene rings is 3. The first-order chi connectivity index (χ1) is 17.2. The van der Waals surface area contributed by atoms with Crippen molar-refractivity contribution in [2.75, 3.05) is 0 Å². The summed E-state index contributed by atoms with van der Waals surface area (Å²) >= 11 is 0. The highest BCUT2D eigenvalue weighted by molar-refractivity contribution is 6.11. The van der Waals surface area contributed by atoms with Gasteiger partial charge in [-0.2, -0.15) is 0 Å². The maximum atomic E-state index is 13.3. The molecular formula is C27H26N4O5. The number of carbonyl (C=O) groups excluding carboxylic acids is 2. The Bertz CT molecular complexity index is 1280. The van der Waals surface area contributed by atoms with Crippen molar-refractivity contribution in [1.82, 2.24) is 10.6 Å². The maximum Gasteiger partial charge on any atom is 0.414 e. The highest BCUT2D eigenvalue weighted by atomic mass is 16.6. The van der Waals surface area contributed by atoms with Gasteiger partial charge in [0.25, 0.3) is 5.91 Å². The zero-order valence-electron chi connectivity index (χ0n) is 20.1. The van der Waals surface area contributed by atoms with Crippen LogP contribution in [0.2, 0.25) is 0 Å². The van der Waals surface area contributed by atoms with Crippen LogP contribution in [0.5, 0.6) is 17.2 Å². The first-order valence-corrected chi connectivity index (χ1v) is 11.0. The molecule has 9 heteroatoms. The number of guanidine groups is 1. The van der Waals surface area contributed by atoms with Crippen molar-refractivity contribution in [2.24, 2.45) is 0 Å². The van der Waals surface area contributed by atoms with Crippen LogP contribution in [-0.2, 0) is 11.3 Å². The summed E-state index contributed by atoms with van der Waals surface area (Å²) in [6, 6.07) is 21.0. The Morgan fingerprint density at radius 3 is 2.19 bits per heavy atom. The lowest BCUT2D eigenvalue weighted by Gasteiger charge is -2.20. The molecule has 0 atom stereocenters. The first-order valence-electron chi connectivity index (χ1n) is 11.0. The second-order valence-corrected chi connectivity index (χ2v) is 8.54. The second-order valence-electron chi connectivity index (χ2n) is 8.54. The number of para-hydroxylation sites is 1. The minimum atomic E-state index is -0.899. The van der Waals surface area contributed by atoms with Gasteiger partial charge in [0.2, 0.25) is 11.6 Å². The van der Waals surface area contributed by atoms with Crippen LogP contribution in [0.25, 0.3) is 4.85 Å². The minimum absolute atomic E-state index is 0.0377. The summed E-state index contributed by atoms with van der Waals surface area (Å²) in [5, 5.41) is 12.5. The smallest absolute Gasteiger partial charge is 0.414 e. The van der Waals surface area contributed by atoms with Crippen molar-refractivity contribution < 1.29 is 23.8 Å². The number of alkyl carbamates (subject to hydrolysis) is 1. The van der Waals surface area contributed by atoms with Gasteiger partial charge in [0.05, 0.1) is 6.57 Å². The highest BCUT2D eigenvalue weighted by Crippen LogP contribution is 2.40. The molecule has 3 aromatic rings. The Morgan fingerprint density at radius 1 is 0.944 bits per heavy atom. The molecule has 0 aliphatic carbocycles. The molecule has 3 rings (SSSR count). The summed E-state index contributed by atoms with van der Waals surface area (Å²) < 4.78 is 17.0. The van der Waals surface area contributed by atoms with Crippen molar-refractivity contribution in [3.8, 4) is 17.2 Å². The molecule has 0 heterocycles. The van der Waals surface area contributed by atoms with Gasteiger partial charge in [-0.05, 0) is 50.6 Å². The maximum absolute atomic E-state index is 13.3. The van der Waals surface area contributed by atoms with Crippen molar-refractivity contribution in [3.05, 3.63) is 95.3 Å². The summed E-state index contributed by atoms with van der Waals surface area (Å²) in [4.78, 5) is 28.8. The highest BCUT2D eigenvalue weighted by Gasteiger charge is 2.25. The van der Waals surface area contributed by atoms with Crippen LogP contribution in [0, 0.1) is 12.0 Å². The molecule has 0 aromatic heterocycles. The van der Waals surface area contributed by atoms with Gasteiger partial charge >= 0.3 is 6.09 Å². The molecule has 3 N–H and O–H groups in total. The number of hydrogen-bond acceptors (Lipinski definition) is 6. The molecule has 2 amide bonds. The van der Waals surface area contributed by atoms with Gasteiger partial charge in [0.1, 0.15) is 29.3 Å². The van der Waals surface area contributed by atoms with E-state index in [-0.39, 0.29) is 29.4 Å². The molecular weight excluding hydrogens is 460 g/mol. The molecule has 0 bridgehead atoms. The zero-order valence-corrected chi connectivity index (χ0v) is 20.1. The van der Waals surface area contributed by atoms with Crippen LogP contribution < -0.4 is 20.1 Å². The molecule has 0 radical (unpaired) electrons. The number of rotatable bonds is 6. The molecule has 9 nitrogen and oxygen atoms in total. The van der Waals surface area contributed by atoms with Crippen molar-refractivity contribution in [2.45, 2.75) is 33.0 Å². The summed E-state index contributed by atoms with van der Waals surface area (Å²) in [5.74, 6) is -0.916. The molecule has 0 aliphatic rings. The third-order valence-corrected chi connectivity index (χ3v) is 4.51. The average Bonchev–Trinajstić information content (AvgIpc) is 2.82. The second kappa shape index (κ2) is 11.5. The van der Waals surface area contributed by atoms with E-state index in [1.165, 1.54) is 12.1 Å². The van der Waals surface area contributed by atoms with Crippen LogP contribution >= 0.6 is 0 Å². The van der Waals surface area contributed by atoms with E-state index in [2.05, 4.69) is 15.5 Å². The van der Waals surface area contributed by atoms with E-state index in [0.717, 1.165) is 5.56 Å². The lowest BCUT2D eigenvalue weighted by Crippen LogP contribution is -2.45. The zero-order chi connectivity index (χ0) is 26.1. The Labute approximate surface area is 209 Å². The SMILES string of the molecule is [C-]#[N+]c1ccc(OCc2ccccc2)c(C(=O)NC(=N)NC(=O)OC(C)(C)C)c1Oc1ccccc1. The number of carbonyl (C=O) groups is 2. The molecule has 0 saturated carbocycles. The summed E-state index contributed by atoms with van der Waals surface area (Å²) in [6.07, 6.45) is -0.899. The largest absolute Gasteiger partial charge is 0.488 e. The van der Waals surface area contributed by atoms with Gasteiger partial charge in [0, 0.05) is 0 Å². The van der Waals surface area contributed by atoms with E-state index in [9.17, 15) is 9.59 Å². The Balaban J connectivity index is 1.94. The van der Waals surface area contributed by atoms with Gasteiger partial charge in [0.15, 0.2) is 5.75 Å². The first kappa shape index (κ1) is 25.8. The van der Waals surface area contributed by atoms with Crippen molar-refractivity contribution >= 4 is 23.6 Å². The van der Waals surface area contributed by atoms with E-state index in [4.69, 9.17) is 26.2 Å². The summed E-state index contributed by atoms with van der Waals surface area (Å²) in [7, 11) is 0. The molecule has 0 spiro atoms. The minimum Gasteiger partial charge on any atom is -0.488 e. The monoisotopic (exact) mass is 486 g/mol. The predicted molar refractivity (Wildman–Crippen MR) is 135 cm³/mol. The fraction of sp³-hybridized carbons (Fsp3) is 0.185. The van der Waals surface area contributed by atoms with Crippen molar-refractivity contribution in [1.29, 1.82) is 5.41 Å². The van der Waals surface area contributed by atoms with Crippen LogP contribution in [0.1, 0.15) is 36.7 Å². The topological polar surface area (TPSA) is 114 Å². The number of nitrogens with zero attached hydrogens (tertiary/aromatic N) is 1. The van der Waals surface area contributed by atoms with Gasteiger partial charge in [-0.15, -0.1) is 0 Å². The van der Waals surface area contributed by atoms with E-state index >= 15 is 0 Å². The van der Waals surface area contributed by atoms with Crippen LogP contribution in [0.4, 0.5) is 10.5 Å². The number of ether oxygens (including phenoxy) is 3. The lowest BCUT2D eigenvalue weighted by molar-refractivity contribution is 0.0561. The molecule has 36 heavy (non-hydrogen) atoms. The van der Waals surface area contributed by atoms with Crippen LogP contribution in [0.3, 0.4) is 0 Å². The van der Waals surface area contributed by atoms with Crippen LogP contribution in [0.15, 0.2) is 72.8 Å². The third kappa shape index (κ3) is 7.33. The predicted octanol–water partition coefficient (Wildman–Crippen LogP) is 5.80. The van der Waals surface area contributed by atoms with Gasteiger partial charge in [-0.3, -0.25) is 20.8 Å². The molecule has 184 valence electrons. The number of hydrogen-bond donors (Lipinski definition) is 3. The van der Waals surface area contributed by atoms with Crippen molar-refractivity contribution in [3.63, 3.8) is 0 Å². The van der Waals surface area contributed by atoms with Gasteiger partial charge < -0.3 is 14.2 Å². The molecule has 3 aromatic carbocycles. The average molecular weight is 487 g/mol. The fourth-order valence-corrected chi connectivity index (χ4v) is 3.03. The number of amides is 2. The number of nitrogens with one attached hydrogen (secondary N) is 3. The Hall–Kier alpha value is -4.84. The van der Waals surface area contributed by atoms with E-state index in [1.54, 1.807) is 51.1 Å². The summed E-state index contributed by atoms with van der Waals surface area (Å²) in [5.41, 5.74) is 0.0534. The van der Waals surface area contributed by atoms with Crippen LogP contribution in [-0.4, -0.2) is 23.6 Å². The molecule has 0 aliphatic heterocycles. The summed E-state index contributed by atoms with van der Waals surface area (Å²) in [6.45, 7) is 12.7. The molecule has 0 fully saturated rings. The Kier molecular flexibility index (Phi) is 8.26. The van der Waals surface area contributed by atoms with E-state index in [1.807, 2.05) is 30.3 Å². The standard InChI is InChI=1S/C27H26N4O5/c1-27(2,3)36-26(33)31-25(28)30-24(32)22-21(34-17-18-11-7-5-8-12-18)16-15-20(29-4)23(22)35-19-13-9-6-10-14-19/h5-16H,17H2,1-3H3,(H3,28,30,31,32,33). The fourth-order valence-electron chi connectivity index (χ4n) is 3.03. The van der Waals surface area contributed by atoms with Gasteiger partial charge in [-0.25, -0.2) is 9.64 Å². The Morgan fingerprint density at radius 2 is 1.58 bits per heavy atom. The lowest BCUT2D eigenvalue weighted by atomic mass is 10.1. The third-order valence-electron chi connectivity index (χ3n) is 4.51. The normalized spacial score (nSPS) is 10.5. The quantitative estimate of drug-likeness (QED) is 0.232. The van der Waals surface area contributed by atoms with E-state index < -0.39 is 23.6 Å². The van der Waals surface area contributed by atoms with E-state index in [0.29, 0.717) is 5.75 Å². The van der Waals surface area contributed by atoms with Gasteiger partial charge in [-0.1, -0.05) is 48.5 Å². The molecule has 0 unspecified atom stereocenters.